The Hall–Kier alpha value is -1.56. The van der Waals surface area contributed by atoms with Gasteiger partial charge in [-0.2, -0.15) is 0 Å². The van der Waals surface area contributed by atoms with E-state index in [1.165, 1.54) is 0 Å². The molecule has 1 aliphatic heterocycles. The van der Waals surface area contributed by atoms with Gasteiger partial charge in [-0.15, -0.1) is 0 Å². The second-order valence-corrected chi connectivity index (χ2v) is 7.29. The van der Waals surface area contributed by atoms with Crippen LogP contribution in [0, 0.1) is 12.8 Å². The molecule has 0 saturated carbocycles. The number of hydrogen-bond donors (Lipinski definition) is 1. The third-order valence-electron chi connectivity index (χ3n) is 3.69. The zero-order valence-corrected chi connectivity index (χ0v) is 15.0. The van der Waals surface area contributed by atoms with Crippen LogP contribution < -0.4 is 10.2 Å². The summed E-state index contributed by atoms with van der Waals surface area (Å²) >= 11 is 5.93. The van der Waals surface area contributed by atoms with E-state index in [0.717, 1.165) is 37.4 Å². The van der Waals surface area contributed by atoms with E-state index in [1.54, 1.807) is 0 Å². The maximum Gasteiger partial charge on any atom is 0.407 e. The molecule has 6 nitrogen and oxygen atoms in total. The third kappa shape index (κ3) is 5.86. The summed E-state index contributed by atoms with van der Waals surface area (Å²) in [4.78, 5) is 22.3. The number of carbonyl (C=O) groups excluding carboxylic acids is 1. The number of nitrogens with zero attached hydrogens (tertiary/aromatic N) is 3. The molecule has 1 aromatic rings. The smallest absolute Gasteiger partial charge is 0.407 e. The van der Waals surface area contributed by atoms with E-state index in [-0.39, 0.29) is 11.4 Å². The molecular weight excluding hydrogens is 316 g/mol. The van der Waals surface area contributed by atoms with Crippen LogP contribution in [-0.2, 0) is 4.74 Å². The van der Waals surface area contributed by atoms with Crippen molar-refractivity contribution >= 4 is 23.5 Å². The SMILES string of the molecule is Cc1cc(N2CCC(CNC(=O)OC(C)(C)C)CC2)nc(Cl)n1. The molecule has 1 aliphatic rings. The van der Waals surface area contributed by atoms with Gasteiger partial charge in [0.25, 0.3) is 0 Å². The highest BCUT2D eigenvalue weighted by Gasteiger charge is 2.22. The lowest BCUT2D eigenvalue weighted by Crippen LogP contribution is -2.40. The van der Waals surface area contributed by atoms with E-state index < -0.39 is 5.60 Å². The molecular formula is C16H25ClN4O2. The zero-order chi connectivity index (χ0) is 17.0. The minimum atomic E-state index is -0.461. The van der Waals surface area contributed by atoms with E-state index in [1.807, 2.05) is 33.8 Å². The van der Waals surface area contributed by atoms with E-state index in [9.17, 15) is 4.79 Å². The number of halogens is 1. The van der Waals surface area contributed by atoms with E-state index in [4.69, 9.17) is 16.3 Å². The van der Waals surface area contributed by atoms with Gasteiger partial charge >= 0.3 is 6.09 Å². The molecule has 0 bridgehead atoms. The molecule has 0 atom stereocenters. The van der Waals surface area contributed by atoms with Crippen LogP contribution in [0.4, 0.5) is 10.6 Å². The van der Waals surface area contributed by atoms with Gasteiger partial charge in [0, 0.05) is 31.4 Å². The van der Waals surface area contributed by atoms with Crippen molar-refractivity contribution in [3.8, 4) is 0 Å². The monoisotopic (exact) mass is 340 g/mol. The minimum Gasteiger partial charge on any atom is -0.444 e. The maximum atomic E-state index is 11.7. The number of ether oxygens (including phenoxy) is 1. The summed E-state index contributed by atoms with van der Waals surface area (Å²) in [7, 11) is 0. The minimum absolute atomic E-state index is 0.286. The predicted molar refractivity (Wildman–Crippen MR) is 91.0 cm³/mol. The second-order valence-electron chi connectivity index (χ2n) is 6.95. The van der Waals surface area contributed by atoms with Gasteiger partial charge in [-0.25, -0.2) is 14.8 Å². The number of amides is 1. The lowest BCUT2D eigenvalue weighted by molar-refractivity contribution is 0.0517. The molecule has 1 saturated heterocycles. The number of nitrogens with one attached hydrogen (secondary N) is 1. The second kappa shape index (κ2) is 7.34. The molecule has 1 fully saturated rings. The number of anilines is 1. The number of hydrogen-bond acceptors (Lipinski definition) is 5. The lowest BCUT2D eigenvalue weighted by Gasteiger charge is -2.33. The number of aryl methyl sites for hydroxylation is 1. The fraction of sp³-hybridized carbons (Fsp3) is 0.688. The van der Waals surface area contributed by atoms with Gasteiger partial charge in [0.05, 0.1) is 0 Å². The summed E-state index contributed by atoms with van der Waals surface area (Å²) in [5, 5.41) is 3.14. The quantitative estimate of drug-likeness (QED) is 0.856. The number of carbonyl (C=O) groups is 1. The van der Waals surface area contributed by atoms with Crippen LogP contribution in [0.2, 0.25) is 5.28 Å². The van der Waals surface area contributed by atoms with Crippen LogP contribution in [0.15, 0.2) is 6.07 Å². The molecule has 1 amide bonds. The van der Waals surface area contributed by atoms with Crippen molar-refractivity contribution < 1.29 is 9.53 Å². The van der Waals surface area contributed by atoms with Crippen LogP contribution in [0.25, 0.3) is 0 Å². The largest absolute Gasteiger partial charge is 0.444 e. The van der Waals surface area contributed by atoms with Gasteiger partial charge in [0.15, 0.2) is 0 Å². The van der Waals surface area contributed by atoms with E-state index >= 15 is 0 Å². The van der Waals surface area contributed by atoms with Crippen LogP contribution in [0.1, 0.15) is 39.3 Å². The van der Waals surface area contributed by atoms with Crippen molar-refractivity contribution in [2.45, 2.75) is 46.1 Å². The standard InChI is InChI=1S/C16H25ClN4O2/c1-11-9-13(20-14(17)19-11)21-7-5-12(6-8-21)10-18-15(22)23-16(2,3)4/h9,12H,5-8,10H2,1-4H3,(H,18,22). The van der Waals surface area contributed by atoms with Crippen LogP contribution in [-0.4, -0.2) is 41.3 Å². The molecule has 0 aliphatic carbocycles. The summed E-state index contributed by atoms with van der Waals surface area (Å²) in [5.41, 5.74) is 0.408. The number of aromatic nitrogens is 2. The Morgan fingerprint density at radius 1 is 1.39 bits per heavy atom. The molecule has 1 N–H and O–H groups in total. The third-order valence-corrected chi connectivity index (χ3v) is 3.85. The Balaban J connectivity index is 1.79. The Morgan fingerprint density at radius 3 is 2.61 bits per heavy atom. The van der Waals surface area contributed by atoms with Gasteiger partial charge in [0.1, 0.15) is 11.4 Å². The van der Waals surface area contributed by atoms with E-state index in [0.29, 0.717) is 12.5 Å². The highest BCUT2D eigenvalue weighted by molar-refractivity contribution is 6.28. The van der Waals surface area contributed by atoms with Crippen LogP contribution >= 0.6 is 11.6 Å². The highest BCUT2D eigenvalue weighted by atomic mass is 35.5. The predicted octanol–water partition coefficient (Wildman–Crippen LogP) is 3.18. The number of piperidine rings is 1. The molecule has 128 valence electrons. The Labute approximate surface area is 142 Å². The normalized spacial score (nSPS) is 16.3. The van der Waals surface area contributed by atoms with Gasteiger partial charge in [-0.05, 0) is 58.1 Å². The molecule has 23 heavy (non-hydrogen) atoms. The summed E-state index contributed by atoms with van der Waals surface area (Å²) in [6.45, 7) is 9.93. The molecule has 2 rings (SSSR count). The lowest BCUT2D eigenvalue weighted by atomic mass is 9.97. The topological polar surface area (TPSA) is 67.4 Å². The zero-order valence-electron chi connectivity index (χ0n) is 14.2. The Morgan fingerprint density at radius 2 is 2.04 bits per heavy atom. The molecule has 0 aromatic carbocycles. The van der Waals surface area contributed by atoms with Crippen LogP contribution in [0.3, 0.4) is 0 Å². The van der Waals surface area contributed by atoms with Gasteiger partial charge in [0.2, 0.25) is 5.28 Å². The highest BCUT2D eigenvalue weighted by Crippen LogP contribution is 2.23. The Kier molecular flexibility index (Phi) is 5.68. The van der Waals surface area contributed by atoms with E-state index in [2.05, 4.69) is 20.2 Å². The molecule has 0 radical (unpaired) electrons. The first-order valence-electron chi connectivity index (χ1n) is 7.96. The van der Waals surface area contributed by atoms with Crippen molar-refractivity contribution in [3.05, 3.63) is 17.0 Å². The van der Waals surface area contributed by atoms with Crippen molar-refractivity contribution in [1.29, 1.82) is 0 Å². The average Bonchev–Trinajstić information content (AvgIpc) is 2.43. The average molecular weight is 341 g/mol. The molecule has 7 heteroatoms. The number of rotatable bonds is 3. The summed E-state index contributed by atoms with van der Waals surface area (Å²) in [5.74, 6) is 1.33. The van der Waals surface area contributed by atoms with Crippen molar-refractivity contribution in [2.75, 3.05) is 24.5 Å². The summed E-state index contributed by atoms with van der Waals surface area (Å²) in [6.07, 6.45) is 1.64. The fourth-order valence-corrected chi connectivity index (χ4v) is 2.81. The summed E-state index contributed by atoms with van der Waals surface area (Å²) < 4.78 is 5.25. The Bertz CT molecular complexity index is 531. The molecule has 0 spiro atoms. The van der Waals surface area contributed by atoms with Gasteiger partial charge < -0.3 is 15.0 Å². The van der Waals surface area contributed by atoms with Crippen LogP contribution in [0.5, 0.6) is 0 Å². The molecule has 0 unspecified atom stereocenters. The fourth-order valence-electron chi connectivity index (χ4n) is 2.59. The van der Waals surface area contributed by atoms with Gasteiger partial charge in [-0.3, -0.25) is 0 Å². The maximum absolute atomic E-state index is 11.7. The molecule has 2 heterocycles. The first kappa shape index (κ1) is 17.8. The van der Waals surface area contributed by atoms with Crippen molar-refractivity contribution in [2.24, 2.45) is 5.92 Å². The molecule has 1 aromatic heterocycles. The first-order chi connectivity index (χ1) is 10.7. The van der Waals surface area contributed by atoms with Gasteiger partial charge in [-0.1, -0.05) is 0 Å². The van der Waals surface area contributed by atoms with Crippen molar-refractivity contribution in [1.82, 2.24) is 15.3 Å². The van der Waals surface area contributed by atoms with Crippen molar-refractivity contribution in [3.63, 3.8) is 0 Å². The first-order valence-corrected chi connectivity index (χ1v) is 8.34. The summed E-state index contributed by atoms with van der Waals surface area (Å²) in [6, 6.07) is 1.95. The number of alkyl carbamates (subject to hydrolysis) is 1.